The highest BCUT2D eigenvalue weighted by atomic mass is 35.5. The average Bonchev–Trinajstić information content (AvgIpc) is 2.63. The van der Waals surface area contributed by atoms with Gasteiger partial charge in [0.05, 0.1) is 28.2 Å². The molecule has 0 aromatic heterocycles. The fourth-order valence-corrected chi connectivity index (χ4v) is 3.46. The van der Waals surface area contributed by atoms with Gasteiger partial charge in [0.1, 0.15) is 12.4 Å². The van der Waals surface area contributed by atoms with Crippen molar-refractivity contribution < 1.29 is 30.8 Å². The van der Waals surface area contributed by atoms with Gasteiger partial charge in [0.2, 0.25) is 10.0 Å². The van der Waals surface area contributed by atoms with Crippen molar-refractivity contribution in [1.82, 2.24) is 5.43 Å². The van der Waals surface area contributed by atoms with Crippen LogP contribution in [0, 0.1) is 5.82 Å². The van der Waals surface area contributed by atoms with Crippen molar-refractivity contribution in [2.24, 2.45) is 5.10 Å². The van der Waals surface area contributed by atoms with Crippen LogP contribution in [-0.2, 0) is 21.0 Å². The van der Waals surface area contributed by atoms with Crippen LogP contribution >= 0.6 is 11.6 Å². The van der Waals surface area contributed by atoms with Crippen LogP contribution in [0.2, 0.25) is 5.02 Å². The molecule has 0 saturated carbocycles. The second kappa shape index (κ2) is 9.00. The first-order valence-electron chi connectivity index (χ1n) is 8.22. The molecule has 2 rings (SSSR count). The van der Waals surface area contributed by atoms with E-state index in [4.69, 9.17) is 11.6 Å². The molecule has 0 atom stereocenters. The maximum Gasteiger partial charge on any atom is 0.416 e. The predicted molar refractivity (Wildman–Crippen MR) is 105 cm³/mol. The van der Waals surface area contributed by atoms with E-state index in [0.717, 1.165) is 12.3 Å². The number of benzene rings is 2. The normalized spacial score (nSPS) is 12.6. The number of alkyl halides is 3. The van der Waals surface area contributed by atoms with Gasteiger partial charge in [-0.25, -0.2) is 18.2 Å². The Kier molecular flexibility index (Phi) is 7.09. The second-order valence-corrected chi connectivity index (χ2v) is 8.49. The van der Waals surface area contributed by atoms with E-state index in [1.807, 2.05) is 0 Å². The van der Waals surface area contributed by atoms with Gasteiger partial charge in [-0.05, 0) is 42.8 Å². The van der Waals surface area contributed by atoms with E-state index in [1.54, 1.807) is 0 Å². The van der Waals surface area contributed by atoms with E-state index < -0.39 is 45.7 Å². The number of hydrogen-bond acceptors (Lipinski definition) is 4. The minimum atomic E-state index is -4.73. The molecule has 1 amide bonds. The molecule has 2 aromatic rings. The summed E-state index contributed by atoms with van der Waals surface area (Å²) in [5.74, 6) is -1.38. The highest BCUT2D eigenvalue weighted by Gasteiger charge is 2.33. The third-order valence-corrected chi connectivity index (χ3v) is 5.29. The van der Waals surface area contributed by atoms with Gasteiger partial charge in [-0.3, -0.25) is 9.10 Å². The average molecular weight is 466 g/mol. The third-order valence-electron chi connectivity index (χ3n) is 3.84. The fourth-order valence-electron chi connectivity index (χ4n) is 2.33. The van der Waals surface area contributed by atoms with E-state index in [2.05, 4.69) is 10.5 Å². The molecule has 2 aromatic carbocycles. The van der Waals surface area contributed by atoms with E-state index >= 15 is 0 Å². The quantitative estimate of drug-likeness (QED) is 0.400. The number of rotatable bonds is 6. The largest absolute Gasteiger partial charge is 0.416 e. The maximum atomic E-state index is 13.0. The molecular weight excluding hydrogens is 450 g/mol. The summed E-state index contributed by atoms with van der Waals surface area (Å²) in [6.07, 6.45) is -4.01. The summed E-state index contributed by atoms with van der Waals surface area (Å²) in [5, 5.41) is 3.51. The van der Waals surface area contributed by atoms with E-state index in [1.165, 1.54) is 31.2 Å². The zero-order valence-electron chi connectivity index (χ0n) is 15.7. The number of carbonyl (C=O) groups is 1. The highest BCUT2D eigenvalue weighted by Crippen LogP contribution is 2.36. The van der Waals surface area contributed by atoms with Crippen molar-refractivity contribution >= 4 is 38.9 Å². The Morgan fingerprint density at radius 3 is 2.30 bits per heavy atom. The van der Waals surface area contributed by atoms with Gasteiger partial charge < -0.3 is 0 Å². The summed E-state index contributed by atoms with van der Waals surface area (Å²) < 4.78 is 76.6. The standard InChI is InChI=1S/C18H16ClF4N3O3S/c1-11(12-3-6-14(20)7-4-12)24-25-17(27)10-26(30(2,28)29)16-9-13(18(21,22)23)5-8-15(16)19/h3-9H,10H2,1-2H3,(H,25,27). The molecule has 6 nitrogen and oxygen atoms in total. The zero-order valence-corrected chi connectivity index (χ0v) is 17.2. The molecule has 0 saturated heterocycles. The van der Waals surface area contributed by atoms with E-state index in [0.29, 0.717) is 27.7 Å². The lowest BCUT2D eigenvalue weighted by Gasteiger charge is -2.23. The Morgan fingerprint density at radius 1 is 1.17 bits per heavy atom. The summed E-state index contributed by atoms with van der Waals surface area (Å²) in [6, 6.07) is 7.37. The zero-order chi connectivity index (χ0) is 22.7. The number of amides is 1. The number of nitrogens with zero attached hydrogens (tertiary/aromatic N) is 2. The first-order chi connectivity index (χ1) is 13.8. The summed E-state index contributed by atoms with van der Waals surface area (Å²) in [7, 11) is -4.16. The Labute approximate surface area is 175 Å². The molecule has 12 heteroatoms. The van der Waals surface area contributed by atoms with Crippen molar-refractivity contribution in [3.8, 4) is 0 Å². The van der Waals surface area contributed by atoms with Crippen LogP contribution < -0.4 is 9.73 Å². The van der Waals surface area contributed by atoms with Crippen LogP contribution in [0.3, 0.4) is 0 Å². The van der Waals surface area contributed by atoms with Crippen LogP contribution in [-0.4, -0.2) is 32.8 Å². The molecule has 0 aliphatic heterocycles. The molecule has 1 N–H and O–H groups in total. The number of anilines is 1. The van der Waals surface area contributed by atoms with Gasteiger partial charge >= 0.3 is 6.18 Å². The van der Waals surface area contributed by atoms with Gasteiger partial charge in [0.15, 0.2) is 0 Å². The maximum absolute atomic E-state index is 13.0. The van der Waals surface area contributed by atoms with Crippen LogP contribution in [0.25, 0.3) is 0 Å². The Balaban J connectivity index is 2.27. The summed E-state index contributed by atoms with van der Waals surface area (Å²) in [6.45, 7) is 0.658. The van der Waals surface area contributed by atoms with Crippen molar-refractivity contribution in [3.63, 3.8) is 0 Å². The lowest BCUT2D eigenvalue weighted by Crippen LogP contribution is -2.39. The van der Waals surface area contributed by atoms with Gasteiger partial charge in [-0.2, -0.15) is 18.3 Å². The highest BCUT2D eigenvalue weighted by molar-refractivity contribution is 7.92. The van der Waals surface area contributed by atoms with Crippen LogP contribution in [0.4, 0.5) is 23.2 Å². The number of carbonyl (C=O) groups excluding carboxylic acids is 1. The van der Waals surface area contributed by atoms with Crippen molar-refractivity contribution in [2.75, 3.05) is 17.1 Å². The molecular formula is C18H16ClF4N3O3S. The van der Waals surface area contributed by atoms with Gasteiger partial charge in [-0.1, -0.05) is 23.7 Å². The topological polar surface area (TPSA) is 78.8 Å². The van der Waals surface area contributed by atoms with Gasteiger partial charge in [0.25, 0.3) is 5.91 Å². The first-order valence-corrected chi connectivity index (χ1v) is 10.4. The Hall–Kier alpha value is -2.66. The molecule has 162 valence electrons. The summed E-state index contributed by atoms with van der Waals surface area (Å²) in [4.78, 5) is 12.2. The minimum absolute atomic E-state index is 0.285. The number of hydrogen-bond donors (Lipinski definition) is 1. The van der Waals surface area contributed by atoms with Gasteiger partial charge in [0, 0.05) is 0 Å². The summed E-state index contributed by atoms with van der Waals surface area (Å²) >= 11 is 5.89. The van der Waals surface area contributed by atoms with Crippen molar-refractivity contribution in [3.05, 3.63) is 64.4 Å². The lowest BCUT2D eigenvalue weighted by atomic mass is 10.1. The molecule has 0 radical (unpaired) electrons. The molecule has 0 fully saturated rings. The SMILES string of the molecule is CC(=NNC(=O)CN(c1cc(C(F)(F)F)ccc1Cl)S(C)(=O)=O)c1ccc(F)cc1. The minimum Gasteiger partial charge on any atom is -0.271 e. The molecule has 0 unspecified atom stereocenters. The molecule has 0 spiro atoms. The number of halogens is 5. The van der Waals surface area contributed by atoms with Crippen LogP contribution in [0.1, 0.15) is 18.1 Å². The van der Waals surface area contributed by atoms with Crippen molar-refractivity contribution in [2.45, 2.75) is 13.1 Å². The molecule has 30 heavy (non-hydrogen) atoms. The van der Waals surface area contributed by atoms with Gasteiger partial charge in [-0.15, -0.1) is 0 Å². The van der Waals surface area contributed by atoms with E-state index in [9.17, 15) is 30.8 Å². The Morgan fingerprint density at radius 2 is 1.77 bits per heavy atom. The first kappa shape index (κ1) is 23.6. The monoisotopic (exact) mass is 465 g/mol. The predicted octanol–water partition coefficient (Wildman–Crippen LogP) is 3.80. The second-order valence-electron chi connectivity index (χ2n) is 6.17. The van der Waals surface area contributed by atoms with Crippen molar-refractivity contribution in [1.29, 1.82) is 0 Å². The fraction of sp³-hybridized carbons (Fsp3) is 0.222. The number of nitrogens with one attached hydrogen (secondary N) is 1. The number of sulfonamides is 1. The molecule has 0 bridgehead atoms. The number of hydrazone groups is 1. The molecule has 0 aliphatic carbocycles. The summed E-state index contributed by atoms with van der Waals surface area (Å²) in [5.41, 5.74) is 1.29. The van der Waals surface area contributed by atoms with Crippen LogP contribution in [0.15, 0.2) is 47.6 Å². The van der Waals surface area contributed by atoms with Crippen LogP contribution in [0.5, 0.6) is 0 Å². The lowest BCUT2D eigenvalue weighted by molar-refractivity contribution is -0.137. The third kappa shape index (κ3) is 6.17. The smallest absolute Gasteiger partial charge is 0.271 e. The molecule has 0 aliphatic rings. The van der Waals surface area contributed by atoms with E-state index in [-0.39, 0.29) is 5.02 Å². The molecule has 0 heterocycles. The Bertz CT molecular complexity index is 1070.